The molecule has 1 aromatic heterocycles. The van der Waals surface area contributed by atoms with E-state index in [1.54, 1.807) is 0 Å². The standard InChI is InChI=1S/C21H21N5O/c1-25-9-8-22-13-20(25)26-19-11-14(6-7-15(19)12-23-26)10-17-16-4-2-3-5-18(16)24-21(17)27/h2-7,10-12,20,22H,8-9,13H2,1H3,(H,24,27)/b17-10-. The average Bonchev–Trinajstić information content (AvgIpc) is 3.23. The van der Waals surface area contributed by atoms with Gasteiger partial charge in [-0.25, -0.2) is 4.68 Å². The van der Waals surface area contributed by atoms with Crippen LogP contribution in [-0.4, -0.2) is 47.3 Å². The molecular formula is C21H21N5O. The summed E-state index contributed by atoms with van der Waals surface area (Å²) >= 11 is 0. The highest BCUT2D eigenvalue weighted by atomic mass is 16.2. The molecule has 0 radical (unpaired) electrons. The molecule has 0 bridgehead atoms. The zero-order valence-electron chi connectivity index (χ0n) is 15.1. The molecule has 1 atom stereocenters. The number of carbonyl (C=O) groups excluding carboxylic acids is 1. The molecule has 3 aromatic rings. The van der Waals surface area contributed by atoms with Crippen molar-refractivity contribution < 1.29 is 4.79 Å². The van der Waals surface area contributed by atoms with Gasteiger partial charge in [0.15, 0.2) is 0 Å². The minimum atomic E-state index is -0.0546. The monoisotopic (exact) mass is 359 g/mol. The minimum absolute atomic E-state index is 0.0546. The third-order valence-electron chi connectivity index (χ3n) is 5.40. The number of nitrogens with zero attached hydrogens (tertiary/aromatic N) is 3. The topological polar surface area (TPSA) is 62.2 Å². The van der Waals surface area contributed by atoms with Crippen LogP contribution in [0, 0.1) is 0 Å². The maximum absolute atomic E-state index is 12.4. The second kappa shape index (κ2) is 6.33. The van der Waals surface area contributed by atoms with E-state index >= 15 is 0 Å². The predicted molar refractivity (Wildman–Crippen MR) is 107 cm³/mol. The second-order valence-electron chi connectivity index (χ2n) is 7.13. The number of amides is 1. The van der Waals surface area contributed by atoms with Gasteiger partial charge in [0.1, 0.15) is 6.17 Å². The van der Waals surface area contributed by atoms with Crippen molar-refractivity contribution >= 4 is 34.1 Å². The fourth-order valence-electron chi connectivity index (χ4n) is 3.90. The molecule has 3 heterocycles. The van der Waals surface area contributed by atoms with Crippen LogP contribution in [0.4, 0.5) is 5.69 Å². The summed E-state index contributed by atoms with van der Waals surface area (Å²) in [6.45, 7) is 2.86. The molecule has 0 aliphatic carbocycles. The Morgan fingerprint density at radius 3 is 3.00 bits per heavy atom. The molecule has 2 aliphatic rings. The van der Waals surface area contributed by atoms with Gasteiger partial charge >= 0.3 is 0 Å². The number of aromatic nitrogens is 2. The van der Waals surface area contributed by atoms with E-state index in [4.69, 9.17) is 0 Å². The van der Waals surface area contributed by atoms with E-state index in [1.165, 1.54) is 0 Å². The molecule has 27 heavy (non-hydrogen) atoms. The first-order chi connectivity index (χ1) is 13.2. The maximum atomic E-state index is 12.4. The molecule has 0 saturated carbocycles. The number of fused-ring (bicyclic) bond motifs is 2. The lowest BCUT2D eigenvalue weighted by Crippen LogP contribution is -2.46. The number of rotatable bonds is 2. The van der Waals surface area contributed by atoms with E-state index in [1.807, 2.05) is 42.6 Å². The first-order valence-corrected chi connectivity index (χ1v) is 9.21. The third kappa shape index (κ3) is 2.74. The third-order valence-corrected chi connectivity index (χ3v) is 5.40. The number of nitrogens with one attached hydrogen (secondary N) is 2. The van der Waals surface area contributed by atoms with Gasteiger partial charge in [-0.3, -0.25) is 9.69 Å². The SMILES string of the molecule is CN1CCNCC1n1ncc2ccc(/C=C3\C(=O)Nc4ccccc43)cc21. The summed E-state index contributed by atoms with van der Waals surface area (Å²) in [6, 6.07) is 14.0. The highest BCUT2D eigenvalue weighted by Gasteiger charge is 2.24. The molecule has 1 saturated heterocycles. The van der Waals surface area contributed by atoms with Crippen molar-refractivity contribution in [1.82, 2.24) is 20.0 Å². The Morgan fingerprint density at radius 1 is 1.22 bits per heavy atom. The van der Waals surface area contributed by atoms with E-state index < -0.39 is 0 Å². The molecule has 5 rings (SSSR count). The summed E-state index contributed by atoms with van der Waals surface area (Å²) in [5, 5.41) is 12.1. The van der Waals surface area contributed by atoms with Crippen molar-refractivity contribution in [1.29, 1.82) is 0 Å². The van der Waals surface area contributed by atoms with Crippen LogP contribution in [0.5, 0.6) is 0 Å². The van der Waals surface area contributed by atoms with Gasteiger partial charge in [-0.2, -0.15) is 5.10 Å². The second-order valence-corrected chi connectivity index (χ2v) is 7.13. The van der Waals surface area contributed by atoms with Crippen LogP contribution in [0.3, 0.4) is 0 Å². The summed E-state index contributed by atoms with van der Waals surface area (Å²) in [6.07, 6.45) is 4.06. The van der Waals surface area contributed by atoms with Crippen LogP contribution in [0.1, 0.15) is 17.3 Å². The molecular weight excluding hydrogens is 338 g/mol. The first kappa shape index (κ1) is 16.2. The summed E-state index contributed by atoms with van der Waals surface area (Å²) in [4.78, 5) is 14.7. The smallest absolute Gasteiger partial charge is 0.256 e. The fraction of sp³-hybridized carbons (Fsp3) is 0.238. The number of likely N-dealkylation sites (N-methyl/N-ethyl adjacent to an activating group) is 1. The van der Waals surface area contributed by atoms with Crippen LogP contribution >= 0.6 is 0 Å². The molecule has 2 aromatic carbocycles. The Morgan fingerprint density at radius 2 is 2.11 bits per heavy atom. The first-order valence-electron chi connectivity index (χ1n) is 9.21. The summed E-state index contributed by atoms with van der Waals surface area (Å²) in [5.74, 6) is -0.0546. The molecule has 136 valence electrons. The molecule has 6 heteroatoms. The van der Waals surface area contributed by atoms with Crippen LogP contribution < -0.4 is 10.6 Å². The van der Waals surface area contributed by atoms with Gasteiger partial charge in [-0.05, 0) is 30.8 Å². The van der Waals surface area contributed by atoms with Crippen LogP contribution in [0.2, 0.25) is 0 Å². The molecule has 1 amide bonds. The number of hydrogen-bond donors (Lipinski definition) is 2. The van der Waals surface area contributed by atoms with Gasteiger partial charge in [0.2, 0.25) is 0 Å². The van der Waals surface area contributed by atoms with E-state index in [9.17, 15) is 4.79 Å². The van der Waals surface area contributed by atoms with Crippen molar-refractivity contribution in [3.8, 4) is 0 Å². The van der Waals surface area contributed by atoms with Gasteiger partial charge in [0, 0.05) is 41.8 Å². The van der Waals surface area contributed by atoms with Crippen molar-refractivity contribution in [2.45, 2.75) is 6.17 Å². The normalized spacial score (nSPS) is 21.6. The number of benzene rings is 2. The Bertz CT molecular complexity index is 1070. The van der Waals surface area contributed by atoms with Crippen LogP contribution in [0.15, 0.2) is 48.7 Å². The van der Waals surface area contributed by atoms with Gasteiger partial charge in [0.05, 0.1) is 11.7 Å². The highest BCUT2D eigenvalue weighted by molar-refractivity contribution is 6.34. The zero-order chi connectivity index (χ0) is 18.4. The van der Waals surface area contributed by atoms with Gasteiger partial charge < -0.3 is 10.6 Å². The van der Waals surface area contributed by atoms with Crippen molar-refractivity contribution in [2.24, 2.45) is 0 Å². The predicted octanol–water partition coefficient (Wildman–Crippen LogP) is 2.56. The number of hydrogen-bond acceptors (Lipinski definition) is 4. The lowest BCUT2D eigenvalue weighted by atomic mass is 10.0. The molecule has 6 nitrogen and oxygen atoms in total. The number of carbonyl (C=O) groups is 1. The summed E-state index contributed by atoms with van der Waals surface area (Å²) in [5.41, 5.74) is 4.60. The quantitative estimate of drug-likeness (QED) is 0.691. The zero-order valence-corrected chi connectivity index (χ0v) is 15.1. The van der Waals surface area contributed by atoms with Crippen LogP contribution in [0.25, 0.3) is 22.6 Å². The molecule has 1 fully saturated rings. The highest BCUT2D eigenvalue weighted by Crippen LogP contribution is 2.33. The van der Waals surface area contributed by atoms with Gasteiger partial charge in [0.25, 0.3) is 5.91 Å². The van der Waals surface area contributed by atoms with Crippen molar-refractivity contribution in [3.63, 3.8) is 0 Å². The van der Waals surface area contributed by atoms with E-state index in [0.717, 1.165) is 47.4 Å². The van der Waals surface area contributed by atoms with Gasteiger partial charge in [-0.15, -0.1) is 0 Å². The van der Waals surface area contributed by atoms with E-state index in [0.29, 0.717) is 5.57 Å². The Kier molecular flexibility index (Phi) is 3.81. The van der Waals surface area contributed by atoms with Crippen molar-refractivity contribution in [3.05, 3.63) is 59.8 Å². The van der Waals surface area contributed by atoms with E-state index in [-0.39, 0.29) is 12.1 Å². The van der Waals surface area contributed by atoms with Crippen molar-refractivity contribution in [2.75, 3.05) is 32.0 Å². The lowest BCUT2D eigenvalue weighted by molar-refractivity contribution is -0.110. The number of piperazine rings is 1. The lowest BCUT2D eigenvalue weighted by Gasteiger charge is -2.33. The van der Waals surface area contributed by atoms with E-state index in [2.05, 4.69) is 44.5 Å². The minimum Gasteiger partial charge on any atom is -0.321 e. The van der Waals surface area contributed by atoms with Crippen LogP contribution in [-0.2, 0) is 4.79 Å². The Labute approximate surface area is 157 Å². The largest absolute Gasteiger partial charge is 0.321 e. The number of anilines is 1. The molecule has 2 aliphatic heterocycles. The summed E-state index contributed by atoms with van der Waals surface area (Å²) in [7, 11) is 2.13. The van der Waals surface area contributed by atoms with Gasteiger partial charge in [-0.1, -0.05) is 30.3 Å². The Hall–Kier alpha value is -2.96. The fourth-order valence-corrected chi connectivity index (χ4v) is 3.90. The molecule has 1 unspecified atom stereocenters. The maximum Gasteiger partial charge on any atom is 0.256 e. The number of para-hydroxylation sites is 1. The molecule has 2 N–H and O–H groups in total. The average molecular weight is 359 g/mol. The molecule has 0 spiro atoms. The Balaban J connectivity index is 1.57. The summed E-state index contributed by atoms with van der Waals surface area (Å²) < 4.78 is 2.08.